The van der Waals surface area contributed by atoms with Gasteiger partial charge in [0, 0.05) is 19.1 Å². The second-order valence-electron chi connectivity index (χ2n) is 4.27. The SMILES string of the molecule is CN(C)C1CCN(c2nc(Cl)ncc2N)C1. The monoisotopic (exact) mass is 241 g/mol. The quantitative estimate of drug-likeness (QED) is 0.778. The van der Waals surface area contributed by atoms with Gasteiger partial charge in [-0.3, -0.25) is 0 Å². The van der Waals surface area contributed by atoms with E-state index in [0.29, 0.717) is 11.7 Å². The third-order valence-corrected chi connectivity index (χ3v) is 3.14. The Morgan fingerprint density at radius 1 is 1.56 bits per heavy atom. The summed E-state index contributed by atoms with van der Waals surface area (Å²) in [7, 11) is 4.18. The van der Waals surface area contributed by atoms with Gasteiger partial charge in [0.2, 0.25) is 5.28 Å². The molecule has 88 valence electrons. The lowest BCUT2D eigenvalue weighted by Gasteiger charge is -2.21. The summed E-state index contributed by atoms with van der Waals surface area (Å²) in [5.74, 6) is 0.754. The normalized spacial score (nSPS) is 20.8. The van der Waals surface area contributed by atoms with Gasteiger partial charge in [0.25, 0.3) is 0 Å². The predicted octanol–water partition coefficient (Wildman–Crippen LogP) is 0.853. The van der Waals surface area contributed by atoms with Crippen molar-refractivity contribution in [2.24, 2.45) is 0 Å². The van der Waals surface area contributed by atoms with E-state index < -0.39 is 0 Å². The van der Waals surface area contributed by atoms with E-state index in [4.69, 9.17) is 17.3 Å². The van der Waals surface area contributed by atoms with Gasteiger partial charge in [-0.2, -0.15) is 4.98 Å². The minimum Gasteiger partial charge on any atom is -0.394 e. The van der Waals surface area contributed by atoms with Gasteiger partial charge < -0.3 is 15.5 Å². The first-order valence-electron chi connectivity index (χ1n) is 5.27. The molecular formula is C10H16ClN5. The minimum absolute atomic E-state index is 0.248. The third-order valence-electron chi connectivity index (χ3n) is 2.96. The van der Waals surface area contributed by atoms with Crippen LogP contribution in [0.15, 0.2) is 6.20 Å². The molecule has 1 aliphatic heterocycles. The van der Waals surface area contributed by atoms with Crippen molar-refractivity contribution < 1.29 is 0 Å². The maximum Gasteiger partial charge on any atom is 0.224 e. The number of nitrogens with zero attached hydrogens (tertiary/aromatic N) is 4. The molecule has 0 saturated carbocycles. The number of anilines is 2. The molecule has 5 nitrogen and oxygen atoms in total. The van der Waals surface area contributed by atoms with Gasteiger partial charge in [-0.15, -0.1) is 0 Å². The Bertz CT molecular complexity index is 381. The van der Waals surface area contributed by atoms with Crippen LogP contribution in [0.5, 0.6) is 0 Å². The van der Waals surface area contributed by atoms with Crippen LogP contribution in [0.3, 0.4) is 0 Å². The molecule has 2 rings (SSSR count). The van der Waals surface area contributed by atoms with E-state index >= 15 is 0 Å². The molecule has 0 spiro atoms. The van der Waals surface area contributed by atoms with Crippen LogP contribution in [0.2, 0.25) is 5.28 Å². The minimum atomic E-state index is 0.248. The van der Waals surface area contributed by atoms with E-state index in [9.17, 15) is 0 Å². The summed E-state index contributed by atoms with van der Waals surface area (Å²) in [5, 5.41) is 0.248. The molecule has 1 fully saturated rings. The molecule has 0 bridgehead atoms. The van der Waals surface area contributed by atoms with Gasteiger partial charge in [0.05, 0.1) is 11.9 Å². The molecule has 16 heavy (non-hydrogen) atoms. The zero-order valence-electron chi connectivity index (χ0n) is 9.52. The molecule has 1 aromatic rings. The summed E-state index contributed by atoms with van der Waals surface area (Å²) in [6.07, 6.45) is 2.68. The molecule has 0 aromatic carbocycles. The first-order chi connectivity index (χ1) is 7.58. The van der Waals surface area contributed by atoms with Crippen LogP contribution in [0.1, 0.15) is 6.42 Å². The van der Waals surface area contributed by atoms with Crippen molar-refractivity contribution in [3.05, 3.63) is 11.5 Å². The maximum absolute atomic E-state index is 5.85. The molecule has 0 amide bonds. The van der Waals surface area contributed by atoms with Crippen LogP contribution < -0.4 is 10.6 Å². The van der Waals surface area contributed by atoms with Crippen LogP contribution in [0.25, 0.3) is 0 Å². The second kappa shape index (κ2) is 4.43. The highest BCUT2D eigenvalue weighted by atomic mass is 35.5. The largest absolute Gasteiger partial charge is 0.394 e. The lowest BCUT2D eigenvalue weighted by atomic mass is 10.2. The zero-order chi connectivity index (χ0) is 11.7. The fraction of sp³-hybridized carbons (Fsp3) is 0.600. The molecule has 0 aliphatic carbocycles. The molecule has 1 unspecified atom stereocenters. The summed E-state index contributed by atoms with van der Waals surface area (Å²) in [6, 6.07) is 0.549. The van der Waals surface area contributed by atoms with Crippen LogP contribution in [0.4, 0.5) is 11.5 Å². The van der Waals surface area contributed by atoms with Crippen LogP contribution in [-0.4, -0.2) is 48.1 Å². The Kier molecular flexibility index (Phi) is 3.16. The summed E-state index contributed by atoms with van der Waals surface area (Å²) >= 11 is 5.78. The first-order valence-corrected chi connectivity index (χ1v) is 5.65. The Balaban J connectivity index is 2.17. The molecule has 2 N–H and O–H groups in total. The van der Waals surface area contributed by atoms with Crippen molar-refractivity contribution in [2.45, 2.75) is 12.5 Å². The lowest BCUT2D eigenvalue weighted by molar-refractivity contribution is 0.315. The van der Waals surface area contributed by atoms with Crippen LogP contribution >= 0.6 is 11.6 Å². The number of nitrogens with two attached hydrogens (primary N) is 1. The number of rotatable bonds is 2. The van der Waals surface area contributed by atoms with Crippen molar-refractivity contribution in [3.8, 4) is 0 Å². The number of hydrogen-bond donors (Lipinski definition) is 1. The molecule has 6 heteroatoms. The third kappa shape index (κ3) is 2.20. The van der Waals surface area contributed by atoms with Crippen LogP contribution in [-0.2, 0) is 0 Å². The van der Waals surface area contributed by atoms with Gasteiger partial charge >= 0.3 is 0 Å². The van der Waals surface area contributed by atoms with Crippen molar-refractivity contribution in [3.63, 3.8) is 0 Å². The molecule has 1 atom stereocenters. The van der Waals surface area contributed by atoms with Crippen molar-refractivity contribution in [1.29, 1.82) is 0 Å². The standard InChI is InChI=1S/C10H16ClN5/c1-15(2)7-3-4-16(6-7)9-8(12)5-13-10(11)14-9/h5,7H,3-4,6,12H2,1-2H3. The highest BCUT2D eigenvalue weighted by Crippen LogP contribution is 2.25. The first kappa shape index (κ1) is 11.4. The van der Waals surface area contributed by atoms with E-state index in [1.807, 2.05) is 0 Å². The van der Waals surface area contributed by atoms with Crippen molar-refractivity contribution >= 4 is 23.1 Å². The molecule has 1 aliphatic rings. The van der Waals surface area contributed by atoms with E-state index in [0.717, 1.165) is 25.3 Å². The average molecular weight is 242 g/mol. The van der Waals surface area contributed by atoms with Gasteiger partial charge in [0.15, 0.2) is 5.82 Å². The van der Waals surface area contributed by atoms with E-state index in [1.165, 1.54) is 0 Å². The van der Waals surface area contributed by atoms with Gasteiger partial charge in [-0.05, 0) is 32.1 Å². The van der Waals surface area contributed by atoms with E-state index in [1.54, 1.807) is 6.20 Å². The maximum atomic E-state index is 5.85. The lowest BCUT2D eigenvalue weighted by Crippen LogP contribution is -2.32. The summed E-state index contributed by atoms with van der Waals surface area (Å²) in [5.41, 5.74) is 6.44. The van der Waals surface area contributed by atoms with E-state index in [-0.39, 0.29) is 5.28 Å². The van der Waals surface area contributed by atoms with Crippen molar-refractivity contribution in [2.75, 3.05) is 37.8 Å². The molecular weight excluding hydrogens is 226 g/mol. The Morgan fingerprint density at radius 3 is 2.94 bits per heavy atom. The molecule has 1 aromatic heterocycles. The number of nitrogen functional groups attached to an aromatic ring is 1. The Labute approximate surface area is 100 Å². The molecule has 0 radical (unpaired) electrons. The number of hydrogen-bond acceptors (Lipinski definition) is 5. The average Bonchev–Trinajstić information content (AvgIpc) is 2.70. The van der Waals surface area contributed by atoms with Crippen molar-refractivity contribution in [1.82, 2.24) is 14.9 Å². The number of aromatic nitrogens is 2. The molecule has 1 saturated heterocycles. The second-order valence-corrected chi connectivity index (χ2v) is 4.61. The predicted molar refractivity (Wildman–Crippen MR) is 65.8 cm³/mol. The summed E-state index contributed by atoms with van der Waals surface area (Å²) in [4.78, 5) is 12.4. The zero-order valence-corrected chi connectivity index (χ0v) is 10.3. The topological polar surface area (TPSA) is 58.3 Å². The summed E-state index contributed by atoms with van der Waals surface area (Å²) in [6.45, 7) is 1.89. The van der Waals surface area contributed by atoms with Gasteiger partial charge in [-0.25, -0.2) is 4.98 Å². The van der Waals surface area contributed by atoms with Gasteiger partial charge in [-0.1, -0.05) is 0 Å². The summed E-state index contributed by atoms with van der Waals surface area (Å²) < 4.78 is 0. The Hall–Kier alpha value is -1.07. The fourth-order valence-corrected chi connectivity index (χ4v) is 2.10. The number of halogens is 1. The van der Waals surface area contributed by atoms with Gasteiger partial charge in [0.1, 0.15) is 0 Å². The highest BCUT2D eigenvalue weighted by molar-refractivity contribution is 6.28. The fourth-order valence-electron chi connectivity index (χ4n) is 1.97. The smallest absolute Gasteiger partial charge is 0.224 e. The van der Waals surface area contributed by atoms with Crippen LogP contribution in [0, 0.1) is 0 Å². The molecule has 2 heterocycles. The highest BCUT2D eigenvalue weighted by Gasteiger charge is 2.26. The number of likely N-dealkylation sites (N-methyl/N-ethyl adjacent to an activating group) is 1. The van der Waals surface area contributed by atoms with E-state index in [2.05, 4.69) is 33.9 Å². The Morgan fingerprint density at radius 2 is 2.31 bits per heavy atom.